The number of fused-ring (bicyclic) bond motifs is 2. The van der Waals surface area contributed by atoms with Crippen molar-refractivity contribution >= 4 is 52.7 Å². The van der Waals surface area contributed by atoms with Crippen LogP contribution in [0.4, 0.5) is 8.78 Å². The fourth-order valence-corrected chi connectivity index (χ4v) is 12.8. The van der Waals surface area contributed by atoms with Gasteiger partial charge in [0.05, 0.1) is 71.3 Å². The smallest absolute Gasteiger partial charge is 0.492 e. The molecule has 6 saturated heterocycles. The van der Waals surface area contributed by atoms with Gasteiger partial charge >= 0.3 is 14.2 Å². The Kier molecular flexibility index (Phi) is 19.0. The molecule has 6 aromatic rings. The molecule has 6 fully saturated rings. The Balaban J connectivity index is 0.000000179. The molecular formula is C68H90B2F2N6O8. The molecule has 12 rings (SSSR count). The number of hydrogen-bond acceptors (Lipinski definition) is 12. The third-order valence-corrected chi connectivity index (χ3v) is 19.5. The topological polar surface area (TPSA) is 116 Å². The number of benzene rings is 4. The molecule has 0 bridgehead atoms. The number of halogens is 2. The molecule has 460 valence electrons. The van der Waals surface area contributed by atoms with Crippen LogP contribution in [0.1, 0.15) is 142 Å². The minimum absolute atomic E-state index is 0.191. The fraction of sp³-hybridized carbons (Fsp3) is 0.559. The minimum Gasteiger partial charge on any atom is -0.492 e. The van der Waals surface area contributed by atoms with E-state index in [0.29, 0.717) is 25.3 Å². The normalized spacial score (nSPS) is 21.7. The van der Waals surface area contributed by atoms with Crippen LogP contribution in [0, 0.1) is 11.8 Å². The van der Waals surface area contributed by atoms with Gasteiger partial charge in [-0.1, -0.05) is 50.2 Å². The molecule has 0 radical (unpaired) electrons. The van der Waals surface area contributed by atoms with E-state index in [0.717, 1.165) is 176 Å². The average molecular weight is 1180 g/mol. The summed E-state index contributed by atoms with van der Waals surface area (Å²) in [6.07, 6.45) is 9.48. The Labute approximate surface area is 509 Å². The van der Waals surface area contributed by atoms with Gasteiger partial charge in [-0.25, -0.2) is 0 Å². The van der Waals surface area contributed by atoms with E-state index in [1.807, 2.05) is 36.7 Å². The first-order valence-electron chi connectivity index (χ1n) is 31.7. The molecule has 6 aliphatic heterocycles. The van der Waals surface area contributed by atoms with E-state index in [2.05, 4.69) is 149 Å². The quantitative estimate of drug-likeness (QED) is 0.0535. The van der Waals surface area contributed by atoms with E-state index in [9.17, 15) is 8.78 Å². The molecule has 14 nitrogen and oxygen atoms in total. The molecule has 86 heavy (non-hydrogen) atoms. The molecule has 0 N–H and O–H groups in total. The van der Waals surface area contributed by atoms with Gasteiger partial charge in [0.15, 0.2) is 0 Å². The highest BCUT2D eigenvalue weighted by Crippen LogP contribution is 2.46. The molecule has 4 aromatic carbocycles. The molecule has 0 spiro atoms. The number of likely N-dealkylation sites (tertiary alicyclic amines) is 2. The molecule has 6 aliphatic rings. The maximum absolute atomic E-state index is 12.8. The lowest BCUT2D eigenvalue weighted by atomic mass is 9.69. The maximum Gasteiger partial charge on any atom is 0.495 e. The first-order valence-corrected chi connectivity index (χ1v) is 31.7. The van der Waals surface area contributed by atoms with Crippen LogP contribution in [0.5, 0.6) is 11.5 Å². The number of aromatic nitrogens is 4. The van der Waals surface area contributed by atoms with Crippen molar-refractivity contribution in [1.82, 2.24) is 29.4 Å². The van der Waals surface area contributed by atoms with Crippen molar-refractivity contribution in [2.24, 2.45) is 11.8 Å². The van der Waals surface area contributed by atoms with Gasteiger partial charge in [0.1, 0.15) is 24.7 Å². The summed E-state index contributed by atoms with van der Waals surface area (Å²) in [5, 5.41) is 11.8. The zero-order chi connectivity index (χ0) is 60.4. The zero-order valence-electron chi connectivity index (χ0n) is 52.5. The van der Waals surface area contributed by atoms with Crippen molar-refractivity contribution < 1.29 is 46.3 Å². The third-order valence-electron chi connectivity index (χ3n) is 19.5. The molecule has 8 heterocycles. The van der Waals surface area contributed by atoms with Gasteiger partial charge in [-0.05, 0) is 187 Å². The number of nitrogens with zero attached hydrogens (tertiary/aromatic N) is 6. The summed E-state index contributed by atoms with van der Waals surface area (Å²) in [6.45, 7) is 29.9. The Morgan fingerprint density at radius 1 is 0.523 bits per heavy atom. The van der Waals surface area contributed by atoms with Crippen LogP contribution in [-0.4, -0.2) is 158 Å². The van der Waals surface area contributed by atoms with Gasteiger partial charge in [-0.15, -0.1) is 0 Å². The van der Waals surface area contributed by atoms with Gasteiger partial charge in [-0.3, -0.25) is 27.9 Å². The monoisotopic (exact) mass is 1180 g/mol. The van der Waals surface area contributed by atoms with Crippen LogP contribution in [0.25, 0.3) is 38.4 Å². The predicted molar refractivity (Wildman–Crippen MR) is 339 cm³/mol. The van der Waals surface area contributed by atoms with Gasteiger partial charge in [0.25, 0.3) is 0 Å². The molecule has 0 amide bonds. The summed E-state index contributed by atoms with van der Waals surface area (Å²) in [7, 11) is -0.963. The highest BCUT2D eigenvalue weighted by atomic mass is 19.1. The molecule has 0 aliphatic carbocycles. The number of rotatable bonds is 20. The van der Waals surface area contributed by atoms with Crippen LogP contribution < -0.4 is 9.47 Å². The van der Waals surface area contributed by atoms with Crippen molar-refractivity contribution in [1.29, 1.82) is 0 Å². The van der Waals surface area contributed by atoms with Gasteiger partial charge < -0.3 is 37.6 Å². The molecule has 18 heteroatoms. The van der Waals surface area contributed by atoms with Gasteiger partial charge in [0.2, 0.25) is 0 Å². The van der Waals surface area contributed by atoms with Crippen molar-refractivity contribution in [2.45, 2.75) is 142 Å². The first kappa shape index (κ1) is 62.2. The van der Waals surface area contributed by atoms with Crippen LogP contribution in [0.2, 0.25) is 0 Å². The maximum atomic E-state index is 12.8. The van der Waals surface area contributed by atoms with E-state index >= 15 is 0 Å². The van der Waals surface area contributed by atoms with Gasteiger partial charge in [0, 0.05) is 88.3 Å². The standard InChI is InChI=1S/2C34H45BFN3O4/c1-6-30(35-42-33(2,3)34(4,5)43-35)32(25-7-10-29(11-8-25)41-18-15-38-22-24(20-36)23-38)26-9-12-31-27(19-26)21-37-39(31)28-13-16-40-17-14-28;1-6-30(25-7-10-29(11-8-25)41-18-15-38-22-24(20-36)23-38)32(35-42-33(2,3)34(4,5)43-35)26-9-12-31-27(19-26)21-37-39(31)28-13-16-40-17-14-28/h2*7-12,19,21,24,28H,6,13-18,20,22-23H2,1-5H3/b32-30+;32-30-. The third kappa shape index (κ3) is 13.3. The van der Waals surface area contributed by atoms with Crippen molar-refractivity contribution in [3.05, 3.63) is 125 Å². The van der Waals surface area contributed by atoms with Crippen molar-refractivity contribution in [3.63, 3.8) is 0 Å². The summed E-state index contributed by atoms with van der Waals surface area (Å²) in [5.41, 5.74) is 9.35. The van der Waals surface area contributed by atoms with Crippen LogP contribution in [-0.2, 0) is 28.1 Å². The number of alkyl halides is 2. The molecule has 0 saturated carbocycles. The second-order valence-electron chi connectivity index (χ2n) is 26.4. The van der Waals surface area contributed by atoms with E-state index in [4.69, 9.17) is 47.8 Å². The summed E-state index contributed by atoms with van der Waals surface area (Å²) in [4.78, 5) is 4.47. The number of hydrogen-bond donors (Lipinski definition) is 0. The van der Waals surface area contributed by atoms with E-state index in [1.165, 1.54) is 5.57 Å². The second-order valence-corrected chi connectivity index (χ2v) is 26.4. The van der Waals surface area contributed by atoms with Crippen molar-refractivity contribution in [3.8, 4) is 11.5 Å². The van der Waals surface area contributed by atoms with Gasteiger partial charge in [-0.2, -0.15) is 10.2 Å². The van der Waals surface area contributed by atoms with E-state index in [-0.39, 0.29) is 25.2 Å². The van der Waals surface area contributed by atoms with Crippen LogP contribution in [0.3, 0.4) is 0 Å². The summed E-state index contributed by atoms with van der Waals surface area (Å²) in [6, 6.07) is 30.7. The lowest BCUT2D eigenvalue weighted by molar-refractivity contribution is 0.00578. The predicted octanol–water partition coefficient (Wildman–Crippen LogP) is 13.1. The largest absolute Gasteiger partial charge is 0.495 e. The minimum atomic E-state index is -0.511. The first-order chi connectivity index (χ1) is 41.4. The Morgan fingerprint density at radius 3 is 1.36 bits per heavy atom. The Hall–Kier alpha value is -5.43. The molecular weight excluding hydrogens is 1090 g/mol. The Bertz CT molecular complexity index is 3290. The van der Waals surface area contributed by atoms with Crippen LogP contribution >= 0.6 is 0 Å². The zero-order valence-corrected chi connectivity index (χ0v) is 52.5. The number of allylic oxidation sites excluding steroid dienone is 2. The molecule has 2 aromatic heterocycles. The molecule has 0 unspecified atom stereocenters. The lowest BCUT2D eigenvalue weighted by Crippen LogP contribution is -2.49. The van der Waals surface area contributed by atoms with Crippen molar-refractivity contribution in [2.75, 3.05) is 92.3 Å². The van der Waals surface area contributed by atoms with E-state index in [1.54, 1.807) is 0 Å². The number of ether oxygens (including phenoxy) is 4. The molecule has 0 atom stereocenters. The van der Waals surface area contributed by atoms with E-state index < -0.39 is 36.6 Å². The highest BCUT2D eigenvalue weighted by Gasteiger charge is 2.54. The Morgan fingerprint density at radius 2 is 0.930 bits per heavy atom. The second kappa shape index (κ2) is 26.3. The fourth-order valence-electron chi connectivity index (χ4n) is 12.8. The average Bonchev–Trinajstić information content (AvgIpc) is 1.69. The summed E-state index contributed by atoms with van der Waals surface area (Å²) in [5.74, 6) is 2.05. The highest BCUT2D eigenvalue weighted by molar-refractivity contribution is 6.71. The summed E-state index contributed by atoms with van der Waals surface area (Å²) < 4.78 is 79.6. The SMILES string of the molecule is CC/C(=C(/B1OC(C)(C)C(C)(C)O1)c1ccc2c(cnn2C2CCOCC2)c1)c1ccc(OCCN2CC(CF)C2)cc1.CC/C(B1OC(C)(C)C(C)(C)O1)=C(/c1ccc(OCCN2CC(CF)C2)cc1)c1ccc2c(cnn2C2CCOCC2)c1. The lowest BCUT2D eigenvalue weighted by Gasteiger charge is -2.37. The summed E-state index contributed by atoms with van der Waals surface area (Å²) >= 11 is 0. The van der Waals surface area contributed by atoms with Crippen LogP contribution in [0.15, 0.2) is 103 Å².